The number of aliphatic hydroxyl groups excluding tert-OH is 1. The van der Waals surface area contributed by atoms with Crippen molar-refractivity contribution in [2.24, 2.45) is 15.9 Å². The number of nitrogens with two attached hydrogens (primary N) is 1. The number of aliphatic imine (C=N–C) groups is 1. The summed E-state index contributed by atoms with van der Waals surface area (Å²) in [5.74, 6) is -1.11. The molecule has 0 aliphatic heterocycles. The van der Waals surface area contributed by atoms with Gasteiger partial charge in [-0.2, -0.15) is 0 Å². The molecule has 0 aliphatic rings. The van der Waals surface area contributed by atoms with Crippen molar-refractivity contribution < 1.29 is 24.6 Å². The Kier molecular flexibility index (Phi) is 9.48. The minimum Gasteiger partial charge on any atom is -0.480 e. The lowest BCUT2D eigenvalue weighted by molar-refractivity contribution is -0.141. The Labute approximate surface area is 157 Å². The van der Waals surface area contributed by atoms with E-state index in [1.165, 1.54) is 6.92 Å². The third-order valence-electron chi connectivity index (χ3n) is 3.46. The number of amidine groups is 1. The third kappa shape index (κ3) is 8.29. The van der Waals surface area contributed by atoms with Crippen LogP contribution >= 0.6 is 0 Å². The van der Waals surface area contributed by atoms with Gasteiger partial charge in [-0.05, 0) is 25.6 Å². The van der Waals surface area contributed by atoms with E-state index in [0.29, 0.717) is 6.42 Å². The van der Waals surface area contributed by atoms with E-state index in [1.54, 1.807) is 0 Å². The van der Waals surface area contributed by atoms with E-state index < -0.39 is 30.2 Å². The van der Waals surface area contributed by atoms with Gasteiger partial charge in [0.15, 0.2) is 11.9 Å². The molecule has 0 spiro atoms. The summed E-state index contributed by atoms with van der Waals surface area (Å²) in [5.41, 5.74) is 7.05. The molecule has 0 saturated heterocycles. The first kappa shape index (κ1) is 22.1. The van der Waals surface area contributed by atoms with Crippen molar-refractivity contribution in [2.45, 2.75) is 31.5 Å². The molecule has 0 heterocycles. The van der Waals surface area contributed by atoms with Crippen LogP contribution in [0, 0.1) is 0 Å². The predicted molar refractivity (Wildman–Crippen MR) is 101 cm³/mol. The molecule has 0 radical (unpaired) electrons. The number of carbonyl (C=O) groups is 2. The Balaban J connectivity index is 2.38. The fourth-order valence-corrected chi connectivity index (χ4v) is 2.08. The number of oxime groups is 1. The molecule has 1 aromatic rings. The van der Waals surface area contributed by atoms with E-state index in [9.17, 15) is 14.7 Å². The zero-order chi connectivity index (χ0) is 20.2. The van der Waals surface area contributed by atoms with Gasteiger partial charge >= 0.3 is 12.0 Å². The minimum atomic E-state index is -1.41. The number of aliphatic hydroxyl groups is 1. The predicted octanol–water partition coefficient (Wildman–Crippen LogP) is -0.280. The highest BCUT2D eigenvalue weighted by Crippen LogP contribution is 2.04. The first-order valence-electron chi connectivity index (χ1n) is 8.26. The van der Waals surface area contributed by atoms with Crippen LogP contribution in [0.1, 0.15) is 12.5 Å². The number of rotatable bonds is 10. The van der Waals surface area contributed by atoms with Gasteiger partial charge in [0, 0.05) is 0 Å². The lowest BCUT2D eigenvalue weighted by Gasteiger charge is -2.17. The van der Waals surface area contributed by atoms with E-state index in [2.05, 4.69) is 27.5 Å². The molecule has 10 heteroatoms. The molecular formula is C17H25N5O5. The summed E-state index contributed by atoms with van der Waals surface area (Å²) < 4.78 is 0. The third-order valence-corrected chi connectivity index (χ3v) is 3.46. The molecule has 1 rings (SSSR count). The maximum absolute atomic E-state index is 11.6. The topological polar surface area (TPSA) is 159 Å². The summed E-state index contributed by atoms with van der Waals surface area (Å²) in [6.07, 6.45) is -0.722. The lowest BCUT2D eigenvalue weighted by atomic mass is 10.1. The van der Waals surface area contributed by atoms with Crippen molar-refractivity contribution in [3.63, 3.8) is 0 Å². The van der Waals surface area contributed by atoms with Gasteiger partial charge in [0.2, 0.25) is 0 Å². The monoisotopic (exact) mass is 379 g/mol. The Morgan fingerprint density at radius 1 is 1.33 bits per heavy atom. The van der Waals surface area contributed by atoms with Gasteiger partial charge in [0.05, 0.1) is 18.7 Å². The molecule has 1 aromatic carbocycles. The summed E-state index contributed by atoms with van der Waals surface area (Å²) in [5, 5.41) is 26.5. The van der Waals surface area contributed by atoms with Crippen LogP contribution in [0.5, 0.6) is 0 Å². The maximum atomic E-state index is 11.6. The van der Waals surface area contributed by atoms with Crippen molar-refractivity contribution in [3.05, 3.63) is 35.9 Å². The summed E-state index contributed by atoms with van der Waals surface area (Å²) in [6, 6.07) is 6.92. The van der Waals surface area contributed by atoms with Gasteiger partial charge in [-0.1, -0.05) is 35.5 Å². The van der Waals surface area contributed by atoms with Crippen molar-refractivity contribution >= 4 is 24.6 Å². The van der Waals surface area contributed by atoms with Crippen LogP contribution < -0.4 is 16.4 Å². The van der Waals surface area contributed by atoms with Crippen LogP contribution in [-0.4, -0.2) is 66.1 Å². The van der Waals surface area contributed by atoms with Crippen molar-refractivity contribution in [1.82, 2.24) is 10.6 Å². The molecule has 6 N–H and O–H groups in total. The van der Waals surface area contributed by atoms with Gasteiger partial charge in [-0.3, -0.25) is 0 Å². The molecule has 0 saturated carbocycles. The fraction of sp³-hybridized carbons (Fsp3) is 0.412. The Morgan fingerprint density at radius 2 is 2.00 bits per heavy atom. The normalized spacial score (nSPS) is 14.6. The zero-order valence-corrected chi connectivity index (χ0v) is 15.0. The van der Waals surface area contributed by atoms with E-state index in [-0.39, 0.29) is 19.0 Å². The number of hydrogen-bond donors (Lipinski definition) is 5. The highest BCUT2D eigenvalue weighted by atomic mass is 16.6. The minimum absolute atomic E-state index is 0.0108. The SMILES string of the molecule is C=N/C(=N\OCCNC(=O)NC(C(=O)O)C(C)O)C(N)Cc1ccccc1. The standard InChI is InChI=1S/C17H25N5O5/c1-11(23)14(16(24)25)21-17(26)20-8-9-27-22-15(19-2)13(18)10-12-6-4-3-5-7-12/h3-7,11,13-14,23H,2,8-10,18H2,1H3,(H,24,25)(H2,20,21,26)/b22-15-. The average Bonchev–Trinajstić information content (AvgIpc) is 2.62. The molecule has 10 nitrogen and oxygen atoms in total. The number of carbonyl (C=O) groups excluding carboxylic acids is 1. The van der Waals surface area contributed by atoms with Crippen LogP contribution in [0.4, 0.5) is 4.79 Å². The Bertz CT molecular complexity index is 650. The smallest absolute Gasteiger partial charge is 0.328 e. The van der Waals surface area contributed by atoms with E-state index >= 15 is 0 Å². The first-order valence-corrected chi connectivity index (χ1v) is 8.26. The fourth-order valence-electron chi connectivity index (χ4n) is 2.08. The molecule has 0 aromatic heterocycles. The number of amides is 2. The number of nitrogens with zero attached hydrogens (tertiary/aromatic N) is 2. The van der Waals surface area contributed by atoms with Crippen molar-refractivity contribution in [1.29, 1.82) is 0 Å². The van der Waals surface area contributed by atoms with Crippen LogP contribution in [0.25, 0.3) is 0 Å². The van der Waals surface area contributed by atoms with Gasteiger partial charge in [-0.25, -0.2) is 14.6 Å². The van der Waals surface area contributed by atoms with Crippen molar-refractivity contribution in [2.75, 3.05) is 13.2 Å². The second kappa shape index (κ2) is 11.6. The summed E-state index contributed by atoms with van der Waals surface area (Å²) in [7, 11) is 0. The molecule has 0 bridgehead atoms. The number of urea groups is 1. The average molecular weight is 379 g/mol. The van der Waals surface area contributed by atoms with Crippen LogP contribution in [-0.2, 0) is 16.1 Å². The molecule has 148 valence electrons. The molecule has 3 atom stereocenters. The maximum Gasteiger partial charge on any atom is 0.328 e. The number of carboxylic acids is 1. The number of nitrogens with one attached hydrogen (secondary N) is 2. The van der Waals surface area contributed by atoms with Crippen molar-refractivity contribution in [3.8, 4) is 0 Å². The lowest BCUT2D eigenvalue weighted by Crippen LogP contribution is -2.51. The number of aliphatic carboxylic acids is 1. The summed E-state index contributed by atoms with van der Waals surface area (Å²) >= 11 is 0. The van der Waals surface area contributed by atoms with Gasteiger partial charge in [0.25, 0.3) is 0 Å². The zero-order valence-electron chi connectivity index (χ0n) is 15.0. The second-order valence-electron chi connectivity index (χ2n) is 5.69. The van der Waals surface area contributed by atoms with Gasteiger partial charge in [-0.15, -0.1) is 0 Å². The first-order chi connectivity index (χ1) is 12.8. The highest BCUT2D eigenvalue weighted by molar-refractivity contribution is 5.90. The van der Waals surface area contributed by atoms with Gasteiger partial charge in [0.1, 0.15) is 6.61 Å². The van der Waals surface area contributed by atoms with E-state index in [0.717, 1.165) is 5.56 Å². The quantitative estimate of drug-likeness (QED) is 0.163. The van der Waals surface area contributed by atoms with Crippen LogP contribution in [0.3, 0.4) is 0 Å². The largest absolute Gasteiger partial charge is 0.480 e. The molecule has 27 heavy (non-hydrogen) atoms. The van der Waals surface area contributed by atoms with Gasteiger partial charge < -0.3 is 31.4 Å². The van der Waals surface area contributed by atoms with E-state index in [1.807, 2.05) is 30.3 Å². The van der Waals surface area contributed by atoms with Crippen LogP contribution in [0.2, 0.25) is 0 Å². The number of benzene rings is 1. The van der Waals surface area contributed by atoms with Crippen LogP contribution in [0.15, 0.2) is 40.5 Å². The molecule has 0 fully saturated rings. The Morgan fingerprint density at radius 3 is 2.56 bits per heavy atom. The number of hydrogen-bond acceptors (Lipinski definition) is 6. The molecule has 3 unspecified atom stereocenters. The highest BCUT2D eigenvalue weighted by Gasteiger charge is 2.24. The van der Waals surface area contributed by atoms with E-state index in [4.69, 9.17) is 15.7 Å². The Hall–Kier alpha value is -2.98. The summed E-state index contributed by atoms with van der Waals surface area (Å²) in [4.78, 5) is 31.3. The number of carboxylic acid groups (broad SMARTS) is 1. The second-order valence-corrected chi connectivity index (χ2v) is 5.69. The molecular weight excluding hydrogens is 354 g/mol. The molecule has 0 aliphatic carbocycles. The molecule has 2 amide bonds. The summed E-state index contributed by atoms with van der Waals surface area (Å²) in [6.45, 7) is 4.75.